The van der Waals surface area contributed by atoms with E-state index in [0.717, 1.165) is 11.1 Å². The Morgan fingerprint density at radius 1 is 1.09 bits per heavy atom. The quantitative estimate of drug-likeness (QED) is 0.735. The zero-order valence-electron chi connectivity index (χ0n) is 12.6. The minimum Gasteiger partial charge on any atom is -0.491 e. The minimum absolute atomic E-state index is 0.260. The molecule has 0 saturated heterocycles. The summed E-state index contributed by atoms with van der Waals surface area (Å²) < 4.78 is 6.73. The predicted molar refractivity (Wildman–Crippen MR) is 91.0 cm³/mol. The lowest BCUT2D eigenvalue weighted by Crippen LogP contribution is -2.25. The number of halogens is 1. The number of ether oxygens (including phenoxy) is 1. The van der Waals surface area contributed by atoms with E-state index in [1.807, 2.05) is 42.5 Å². The first kappa shape index (κ1) is 15.3. The number of hydrogen-bond donors (Lipinski definition) is 0. The summed E-state index contributed by atoms with van der Waals surface area (Å²) >= 11 is 5.91. The molecule has 0 amide bonds. The second-order valence-corrected chi connectivity index (χ2v) is 5.48. The van der Waals surface area contributed by atoms with E-state index in [9.17, 15) is 4.79 Å². The molecule has 116 valence electrons. The van der Waals surface area contributed by atoms with Gasteiger partial charge in [0.1, 0.15) is 0 Å². The normalized spacial score (nSPS) is 10.5. The number of rotatable bonds is 4. The van der Waals surface area contributed by atoms with Crippen molar-refractivity contribution in [2.24, 2.45) is 0 Å². The van der Waals surface area contributed by atoms with Gasteiger partial charge in [0.2, 0.25) is 0 Å². The van der Waals surface area contributed by atoms with E-state index in [-0.39, 0.29) is 11.3 Å². The molecular formula is C18H15ClN2O2. The molecule has 3 aromatic rings. The van der Waals surface area contributed by atoms with Gasteiger partial charge in [0, 0.05) is 10.6 Å². The average Bonchev–Trinajstić information content (AvgIpc) is 2.58. The van der Waals surface area contributed by atoms with E-state index in [4.69, 9.17) is 16.3 Å². The topological polar surface area (TPSA) is 44.1 Å². The van der Waals surface area contributed by atoms with E-state index in [1.54, 1.807) is 18.3 Å². The lowest BCUT2D eigenvalue weighted by Gasteiger charge is -2.11. The molecule has 0 N–H and O–H groups in total. The molecule has 0 spiro atoms. The van der Waals surface area contributed by atoms with Crippen molar-refractivity contribution >= 4 is 11.6 Å². The first-order valence-electron chi connectivity index (χ1n) is 7.13. The highest BCUT2D eigenvalue weighted by molar-refractivity contribution is 6.30. The number of benzene rings is 2. The molecule has 23 heavy (non-hydrogen) atoms. The van der Waals surface area contributed by atoms with Crippen LogP contribution in [-0.4, -0.2) is 16.9 Å². The van der Waals surface area contributed by atoms with Crippen molar-refractivity contribution in [2.75, 3.05) is 7.11 Å². The summed E-state index contributed by atoms with van der Waals surface area (Å²) in [7, 11) is 1.49. The van der Waals surface area contributed by atoms with Gasteiger partial charge < -0.3 is 4.74 Å². The maximum atomic E-state index is 12.6. The van der Waals surface area contributed by atoms with Crippen molar-refractivity contribution in [3.05, 3.63) is 81.7 Å². The molecule has 0 aliphatic carbocycles. The molecule has 1 heterocycles. The van der Waals surface area contributed by atoms with Gasteiger partial charge >= 0.3 is 5.56 Å². The largest absolute Gasteiger partial charge is 0.491 e. The number of nitrogens with zero attached hydrogens (tertiary/aromatic N) is 2. The molecule has 2 aromatic carbocycles. The second kappa shape index (κ2) is 6.67. The lowest BCUT2D eigenvalue weighted by atomic mass is 10.1. The Bertz CT molecular complexity index is 858. The van der Waals surface area contributed by atoms with Gasteiger partial charge in [0.05, 0.1) is 19.9 Å². The van der Waals surface area contributed by atoms with Crippen molar-refractivity contribution in [1.82, 2.24) is 9.78 Å². The van der Waals surface area contributed by atoms with E-state index < -0.39 is 0 Å². The van der Waals surface area contributed by atoms with Crippen LogP contribution >= 0.6 is 11.6 Å². The Hall–Kier alpha value is -2.59. The van der Waals surface area contributed by atoms with Crippen LogP contribution in [0.3, 0.4) is 0 Å². The van der Waals surface area contributed by atoms with Crippen LogP contribution in [0, 0.1) is 0 Å². The molecule has 0 aliphatic heterocycles. The van der Waals surface area contributed by atoms with Crippen molar-refractivity contribution < 1.29 is 4.74 Å². The van der Waals surface area contributed by atoms with Crippen LogP contribution in [-0.2, 0) is 6.54 Å². The highest BCUT2D eigenvalue weighted by Gasteiger charge is 2.13. The molecule has 0 aliphatic rings. The van der Waals surface area contributed by atoms with E-state index in [1.165, 1.54) is 11.8 Å². The highest BCUT2D eigenvalue weighted by Crippen LogP contribution is 2.27. The lowest BCUT2D eigenvalue weighted by molar-refractivity contribution is 0.400. The van der Waals surface area contributed by atoms with Gasteiger partial charge in [-0.1, -0.05) is 54.1 Å². The van der Waals surface area contributed by atoms with Crippen molar-refractivity contribution in [2.45, 2.75) is 6.54 Å². The highest BCUT2D eigenvalue weighted by atomic mass is 35.5. The number of methoxy groups -OCH3 is 1. The Balaban J connectivity index is 2.03. The Morgan fingerprint density at radius 3 is 2.43 bits per heavy atom. The van der Waals surface area contributed by atoms with Gasteiger partial charge in [-0.25, -0.2) is 4.68 Å². The fourth-order valence-corrected chi connectivity index (χ4v) is 2.50. The Morgan fingerprint density at radius 2 is 1.78 bits per heavy atom. The van der Waals surface area contributed by atoms with Crippen LogP contribution in [0.15, 0.2) is 65.6 Å². The Labute approximate surface area is 138 Å². The summed E-state index contributed by atoms with van der Waals surface area (Å²) in [5, 5.41) is 4.91. The SMILES string of the molecule is COc1c(-c2ccc(Cl)cc2)cnn(Cc2ccccc2)c1=O. The van der Waals surface area contributed by atoms with Gasteiger partial charge in [0.25, 0.3) is 0 Å². The van der Waals surface area contributed by atoms with Crippen molar-refractivity contribution in [3.8, 4) is 16.9 Å². The Kier molecular flexibility index (Phi) is 4.44. The molecule has 5 heteroatoms. The van der Waals surface area contributed by atoms with Crippen LogP contribution in [0.4, 0.5) is 0 Å². The van der Waals surface area contributed by atoms with E-state index in [2.05, 4.69) is 5.10 Å². The predicted octanol–water partition coefficient (Wildman–Crippen LogP) is 3.62. The van der Waals surface area contributed by atoms with Gasteiger partial charge in [-0.05, 0) is 23.3 Å². The smallest absolute Gasteiger partial charge is 0.310 e. The molecule has 1 aromatic heterocycles. The summed E-state index contributed by atoms with van der Waals surface area (Å²) in [5.74, 6) is 0.276. The molecule has 0 saturated carbocycles. The standard InChI is InChI=1S/C18H15ClN2O2/c1-23-17-16(14-7-9-15(19)10-8-14)11-20-21(18(17)22)12-13-5-3-2-4-6-13/h2-11H,12H2,1H3. The number of aromatic nitrogens is 2. The first-order chi connectivity index (χ1) is 11.2. The molecule has 0 unspecified atom stereocenters. The molecule has 3 rings (SSSR count). The van der Waals surface area contributed by atoms with Crippen LogP contribution in [0.1, 0.15) is 5.56 Å². The third-order valence-electron chi connectivity index (χ3n) is 3.53. The van der Waals surface area contributed by atoms with Crippen molar-refractivity contribution in [1.29, 1.82) is 0 Å². The average molecular weight is 327 g/mol. The van der Waals surface area contributed by atoms with Gasteiger partial charge in [-0.3, -0.25) is 4.79 Å². The minimum atomic E-state index is -0.260. The summed E-state index contributed by atoms with van der Waals surface area (Å²) in [6, 6.07) is 16.9. The third-order valence-corrected chi connectivity index (χ3v) is 3.79. The molecule has 0 radical (unpaired) electrons. The fourth-order valence-electron chi connectivity index (χ4n) is 2.37. The first-order valence-corrected chi connectivity index (χ1v) is 7.51. The van der Waals surface area contributed by atoms with Gasteiger partial charge in [0.15, 0.2) is 5.75 Å². The second-order valence-electron chi connectivity index (χ2n) is 5.05. The zero-order chi connectivity index (χ0) is 16.2. The van der Waals surface area contributed by atoms with Crippen LogP contribution < -0.4 is 10.3 Å². The van der Waals surface area contributed by atoms with Crippen LogP contribution in [0.2, 0.25) is 5.02 Å². The summed E-state index contributed by atoms with van der Waals surface area (Å²) in [4.78, 5) is 12.6. The van der Waals surface area contributed by atoms with E-state index >= 15 is 0 Å². The van der Waals surface area contributed by atoms with Crippen molar-refractivity contribution in [3.63, 3.8) is 0 Å². The fraction of sp³-hybridized carbons (Fsp3) is 0.111. The maximum absolute atomic E-state index is 12.6. The van der Waals surface area contributed by atoms with Gasteiger partial charge in [-0.15, -0.1) is 0 Å². The monoisotopic (exact) mass is 326 g/mol. The molecule has 0 bridgehead atoms. The molecular weight excluding hydrogens is 312 g/mol. The summed E-state index contributed by atoms with van der Waals surface area (Å²) in [6.45, 7) is 0.400. The molecule has 0 fully saturated rings. The molecule has 0 atom stereocenters. The number of hydrogen-bond acceptors (Lipinski definition) is 3. The third kappa shape index (κ3) is 3.27. The summed E-state index contributed by atoms with van der Waals surface area (Å²) in [5.41, 5.74) is 2.23. The van der Waals surface area contributed by atoms with Crippen LogP contribution in [0.25, 0.3) is 11.1 Å². The maximum Gasteiger partial charge on any atom is 0.310 e. The zero-order valence-corrected chi connectivity index (χ0v) is 13.3. The van der Waals surface area contributed by atoms with Gasteiger partial charge in [-0.2, -0.15) is 5.10 Å². The summed E-state index contributed by atoms with van der Waals surface area (Å²) in [6.07, 6.45) is 1.65. The van der Waals surface area contributed by atoms with Crippen LogP contribution in [0.5, 0.6) is 5.75 Å². The van der Waals surface area contributed by atoms with E-state index in [0.29, 0.717) is 17.1 Å². The molecule has 4 nitrogen and oxygen atoms in total.